The first kappa shape index (κ1) is 37.2. The zero-order valence-corrected chi connectivity index (χ0v) is 31.1. The topological polar surface area (TPSA) is 187 Å². The van der Waals surface area contributed by atoms with Gasteiger partial charge in [-0.15, -0.1) is 0 Å². The van der Waals surface area contributed by atoms with Gasteiger partial charge in [-0.05, 0) is 57.2 Å². The van der Waals surface area contributed by atoms with Crippen LogP contribution in [0, 0.1) is 0 Å². The predicted molar refractivity (Wildman–Crippen MR) is 201 cm³/mol. The number of cyclic esters (lactones) is 1. The minimum absolute atomic E-state index is 0.0402. The number of rotatable bonds is 13. The van der Waals surface area contributed by atoms with Crippen LogP contribution in [0.4, 0.5) is 11.4 Å². The molecular weight excluding hydrogens is 692 g/mol. The minimum atomic E-state index is -1.96. The number of aliphatic carboxylic acids is 1. The summed E-state index contributed by atoms with van der Waals surface area (Å²) in [4.78, 5) is 80.9. The van der Waals surface area contributed by atoms with Gasteiger partial charge < -0.3 is 34.7 Å². The van der Waals surface area contributed by atoms with Crippen LogP contribution in [0.1, 0.15) is 108 Å². The molecule has 286 valence electrons. The third-order valence-corrected chi connectivity index (χ3v) is 11.4. The molecule has 3 aromatic rings. The number of pyridine rings is 2. The number of unbranched alkanes of at least 4 members (excludes halogenated alkanes) is 2. The Kier molecular flexibility index (Phi) is 10.3. The summed E-state index contributed by atoms with van der Waals surface area (Å²) in [6.07, 6.45) is 8.24. The van der Waals surface area contributed by atoms with Crippen molar-refractivity contribution < 1.29 is 33.8 Å². The van der Waals surface area contributed by atoms with Gasteiger partial charge in [-0.3, -0.25) is 14.4 Å². The van der Waals surface area contributed by atoms with E-state index in [4.69, 9.17) is 25.2 Å². The molecule has 1 amide bonds. The quantitative estimate of drug-likeness (QED) is 0.138. The Balaban J connectivity index is 1.23. The molecule has 1 aromatic carbocycles. The summed E-state index contributed by atoms with van der Waals surface area (Å²) in [6.45, 7) is 6.04. The number of carboxylic acids is 1. The Labute approximate surface area is 313 Å². The number of esters is 2. The number of aliphatic imine (C=N–C) groups is 1. The summed E-state index contributed by atoms with van der Waals surface area (Å²) in [7, 11) is 0. The van der Waals surface area contributed by atoms with Gasteiger partial charge in [-0.2, -0.15) is 0 Å². The highest BCUT2D eigenvalue weighted by molar-refractivity contribution is 6.11. The summed E-state index contributed by atoms with van der Waals surface area (Å²) >= 11 is 0. The van der Waals surface area contributed by atoms with Gasteiger partial charge in [0.25, 0.3) is 5.56 Å². The standard InChI is InChI=1S/C40H48N6O8/c1-4-6-10-18-44-22-42-28-14-11-15-29-33(28)35(44)25-20-45-31(34(25)43-29)19-27-26(37(45)49)21-53-39(52)40(27,5-2)54-32(47)17-16-30(38(50)51)46(36(48)23(3)41)24-12-8-7-9-13-24/h11,14-15,19,22-24,30H,4-10,12-13,16-18,20-21,41H2,1-3H3,(H,50,51)/t23-,30-,40-/m0/s1. The molecule has 1 fully saturated rings. The molecule has 3 N–H and O–H groups in total. The molecule has 14 heteroatoms. The summed E-state index contributed by atoms with van der Waals surface area (Å²) in [5.41, 5.74) is 8.52. The zero-order valence-electron chi connectivity index (χ0n) is 31.1. The first-order valence-corrected chi connectivity index (χ1v) is 19.2. The third-order valence-electron chi connectivity index (χ3n) is 11.4. The van der Waals surface area contributed by atoms with Gasteiger partial charge in [-0.1, -0.05) is 52.0 Å². The van der Waals surface area contributed by atoms with E-state index in [1.165, 1.54) is 11.8 Å². The molecule has 1 saturated carbocycles. The van der Waals surface area contributed by atoms with E-state index in [1.807, 2.05) is 24.5 Å². The monoisotopic (exact) mass is 740 g/mol. The van der Waals surface area contributed by atoms with Crippen LogP contribution in [0.2, 0.25) is 0 Å². The highest BCUT2D eigenvalue weighted by Crippen LogP contribution is 2.47. The smallest absolute Gasteiger partial charge is 0.355 e. The maximum Gasteiger partial charge on any atom is 0.355 e. The van der Waals surface area contributed by atoms with Crippen LogP contribution in [-0.2, 0) is 47.4 Å². The number of aromatic nitrogens is 2. The average molecular weight is 741 g/mol. The average Bonchev–Trinajstić information content (AvgIpc) is 3.54. The number of carboxylic acid groups (broad SMARTS) is 1. The molecule has 4 aliphatic rings. The van der Waals surface area contributed by atoms with Crippen LogP contribution in [0.3, 0.4) is 0 Å². The highest BCUT2D eigenvalue weighted by atomic mass is 16.6. The maximum atomic E-state index is 14.3. The van der Waals surface area contributed by atoms with E-state index in [9.17, 15) is 29.1 Å². The molecule has 0 spiro atoms. The molecule has 2 aromatic heterocycles. The number of carbonyl (C=O) groups is 4. The summed E-state index contributed by atoms with van der Waals surface area (Å²) in [5.74, 6) is -3.41. The Morgan fingerprint density at radius 1 is 1.13 bits per heavy atom. The molecule has 54 heavy (non-hydrogen) atoms. The largest absolute Gasteiger partial charge is 0.480 e. The van der Waals surface area contributed by atoms with Crippen LogP contribution >= 0.6 is 0 Å². The molecule has 5 heterocycles. The first-order chi connectivity index (χ1) is 26.0. The van der Waals surface area contributed by atoms with E-state index in [2.05, 4.69) is 11.8 Å². The van der Waals surface area contributed by atoms with Gasteiger partial charge in [0.05, 0.1) is 58.2 Å². The second kappa shape index (κ2) is 15.0. The number of carbonyl (C=O) groups excluding carboxylic acids is 3. The van der Waals surface area contributed by atoms with Gasteiger partial charge in [0.2, 0.25) is 11.5 Å². The molecule has 3 atom stereocenters. The lowest BCUT2D eigenvalue weighted by molar-refractivity contribution is -0.189. The van der Waals surface area contributed by atoms with Crippen molar-refractivity contribution in [2.45, 2.75) is 128 Å². The lowest BCUT2D eigenvalue weighted by Gasteiger charge is -2.39. The van der Waals surface area contributed by atoms with Gasteiger partial charge in [0.1, 0.15) is 12.6 Å². The number of amides is 1. The van der Waals surface area contributed by atoms with Crippen LogP contribution in [0.15, 0.2) is 34.1 Å². The molecule has 0 saturated heterocycles. The predicted octanol–water partition coefficient (Wildman–Crippen LogP) is 5.04. The van der Waals surface area contributed by atoms with Crippen molar-refractivity contribution in [3.63, 3.8) is 0 Å². The van der Waals surface area contributed by atoms with E-state index < -0.39 is 47.9 Å². The molecule has 0 radical (unpaired) electrons. The van der Waals surface area contributed by atoms with E-state index in [-0.39, 0.29) is 48.7 Å². The van der Waals surface area contributed by atoms with Crippen molar-refractivity contribution in [3.05, 3.63) is 51.3 Å². The van der Waals surface area contributed by atoms with Crippen molar-refractivity contribution in [1.29, 1.82) is 0 Å². The first-order valence-electron chi connectivity index (χ1n) is 19.2. The summed E-state index contributed by atoms with van der Waals surface area (Å²) < 4.78 is 13.2. The fourth-order valence-corrected chi connectivity index (χ4v) is 8.62. The molecule has 0 unspecified atom stereocenters. The second-order valence-corrected chi connectivity index (χ2v) is 14.9. The number of anilines is 1. The van der Waals surface area contributed by atoms with Crippen molar-refractivity contribution >= 4 is 52.4 Å². The van der Waals surface area contributed by atoms with Crippen LogP contribution in [-0.4, -0.2) is 74.4 Å². The fourth-order valence-electron chi connectivity index (χ4n) is 8.62. The Bertz CT molecular complexity index is 2100. The number of nitrogens with zero attached hydrogens (tertiary/aromatic N) is 5. The van der Waals surface area contributed by atoms with E-state index in [0.717, 1.165) is 72.9 Å². The van der Waals surface area contributed by atoms with Crippen LogP contribution < -0.4 is 16.2 Å². The zero-order chi connectivity index (χ0) is 38.3. The van der Waals surface area contributed by atoms with Gasteiger partial charge in [-0.25, -0.2) is 19.6 Å². The molecule has 3 aliphatic heterocycles. The maximum absolute atomic E-state index is 14.3. The lowest BCUT2D eigenvalue weighted by Crippen LogP contribution is -2.55. The van der Waals surface area contributed by atoms with Crippen LogP contribution in [0.25, 0.3) is 22.3 Å². The molecule has 7 rings (SSSR count). The fraction of sp³-hybridized carbons (Fsp3) is 0.525. The Morgan fingerprint density at radius 2 is 1.91 bits per heavy atom. The SMILES string of the molecule is CCCCCN1C=Nc2cccc3nc4c(c1c23)Cn1c-4cc2c(c1=O)COC(=O)[C@@]2(CC)OC(=O)CC[C@@H](C(=O)O)N(C(=O)[C@H](C)N)C1CCCCC1. The molecular formula is C40H48N6O8. The Hall–Kier alpha value is -5.11. The van der Waals surface area contributed by atoms with Gasteiger partial charge >= 0.3 is 17.9 Å². The molecule has 0 bridgehead atoms. The lowest BCUT2D eigenvalue weighted by atomic mass is 9.85. The van der Waals surface area contributed by atoms with Crippen LogP contribution in [0.5, 0.6) is 0 Å². The minimum Gasteiger partial charge on any atom is -0.480 e. The number of fused-ring (bicyclic) bond motifs is 5. The highest BCUT2D eigenvalue weighted by Gasteiger charge is 2.51. The summed E-state index contributed by atoms with van der Waals surface area (Å²) in [5, 5.41) is 11.2. The van der Waals surface area contributed by atoms with E-state index >= 15 is 0 Å². The van der Waals surface area contributed by atoms with Crippen molar-refractivity contribution in [2.75, 3.05) is 11.4 Å². The van der Waals surface area contributed by atoms with Gasteiger partial charge in [0.15, 0.2) is 0 Å². The number of hydrogen-bond acceptors (Lipinski definition) is 11. The molecule has 1 aliphatic carbocycles. The normalized spacial score (nSPS) is 19.8. The number of nitrogens with two attached hydrogens (primary N) is 1. The van der Waals surface area contributed by atoms with Crippen molar-refractivity contribution in [1.82, 2.24) is 14.5 Å². The van der Waals surface area contributed by atoms with Gasteiger partial charge in [0, 0.05) is 30.1 Å². The van der Waals surface area contributed by atoms with Crippen molar-refractivity contribution in [3.8, 4) is 11.4 Å². The van der Waals surface area contributed by atoms with E-state index in [0.29, 0.717) is 24.2 Å². The molecule has 14 nitrogen and oxygen atoms in total. The second-order valence-electron chi connectivity index (χ2n) is 14.9. The summed E-state index contributed by atoms with van der Waals surface area (Å²) in [6, 6.07) is 4.94. The third kappa shape index (κ3) is 6.33. The number of ether oxygens (including phenoxy) is 2. The van der Waals surface area contributed by atoms with E-state index in [1.54, 1.807) is 17.6 Å². The Morgan fingerprint density at radius 3 is 2.61 bits per heavy atom. The number of hydrogen-bond donors (Lipinski definition) is 2. The number of benzene rings is 1. The van der Waals surface area contributed by atoms with Crippen molar-refractivity contribution in [2.24, 2.45) is 10.7 Å².